The number of sulfonamides is 1. The van der Waals surface area contributed by atoms with Crippen LogP contribution in [0.25, 0.3) is 0 Å². The van der Waals surface area contributed by atoms with E-state index < -0.39 is 40.2 Å². The minimum atomic E-state index is -4.31. The van der Waals surface area contributed by atoms with Crippen LogP contribution in [0.5, 0.6) is 11.5 Å². The van der Waals surface area contributed by atoms with Gasteiger partial charge in [0.05, 0.1) is 24.8 Å². The summed E-state index contributed by atoms with van der Waals surface area (Å²) in [4.78, 5) is 28.0. The highest BCUT2D eigenvalue weighted by atomic mass is 32.2. The lowest BCUT2D eigenvalue weighted by molar-refractivity contribution is -0.140. The van der Waals surface area contributed by atoms with E-state index in [1.54, 1.807) is 19.1 Å². The number of amides is 2. The molecule has 0 unspecified atom stereocenters. The minimum Gasteiger partial charge on any atom is -0.493 e. The maximum absolute atomic E-state index is 14.1. The first-order valence-corrected chi connectivity index (χ1v) is 14.5. The van der Waals surface area contributed by atoms with E-state index >= 15 is 0 Å². The summed E-state index contributed by atoms with van der Waals surface area (Å²) in [7, 11) is -0.000669. The monoisotopic (exact) mass is 585 g/mol. The van der Waals surface area contributed by atoms with E-state index in [9.17, 15) is 22.4 Å². The number of hydrogen-bond donors (Lipinski definition) is 1. The summed E-state index contributed by atoms with van der Waals surface area (Å²) in [6.45, 7) is 4.81. The maximum Gasteiger partial charge on any atom is 0.264 e. The first-order chi connectivity index (χ1) is 19.4. The molecule has 0 radical (unpaired) electrons. The molecule has 0 bridgehead atoms. The molecule has 0 spiro atoms. The molecule has 0 aliphatic heterocycles. The number of ether oxygens (including phenoxy) is 2. The molecule has 0 aromatic heterocycles. The van der Waals surface area contributed by atoms with Crippen molar-refractivity contribution in [1.82, 2.24) is 10.2 Å². The molecule has 0 aliphatic carbocycles. The van der Waals surface area contributed by atoms with Crippen molar-refractivity contribution in [3.63, 3.8) is 0 Å². The highest BCUT2D eigenvalue weighted by Gasteiger charge is 2.34. The van der Waals surface area contributed by atoms with Crippen LogP contribution in [0.1, 0.15) is 30.0 Å². The highest BCUT2D eigenvalue weighted by Crippen LogP contribution is 2.33. The number of carbonyl (C=O) groups excluding carboxylic acids is 2. The molecule has 3 aromatic carbocycles. The van der Waals surface area contributed by atoms with Crippen LogP contribution in [0.2, 0.25) is 0 Å². The van der Waals surface area contributed by atoms with Gasteiger partial charge in [0.15, 0.2) is 11.5 Å². The molecule has 11 heteroatoms. The van der Waals surface area contributed by atoms with Crippen LogP contribution in [0.15, 0.2) is 65.6 Å². The molecule has 1 N–H and O–H groups in total. The van der Waals surface area contributed by atoms with Crippen molar-refractivity contribution in [2.75, 3.05) is 32.1 Å². The Morgan fingerprint density at radius 2 is 1.54 bits per heavy atom. The van der Waals surface area contributed by atoms with Crippen molar-refractivity contribution in [2.45, 2.75) is 44.7 Å². The van der Waals surface area contributed by atoms with Crippen molar-refractivity contribution >= 4 is 27.5 Å². The van der Waals surface area contributed by atoms with E-state index in [4.69, 9.17) is 9.47 Å². The van der Waals surface area contributed by atoms with Gasteiger partial charge in [-0.2, -0.15) is 0 Å². The topological polar surface area (TPSA) is 105 Å². The SMILES string of the molecule is CC[C@H](C(=O)NC)N(Cc1ccc(F)cc1)C(=O)CN(c1cc(C)cc(C)c1)S(=O)(=O)c1ccc(OC)c(OC)c1. The van der Waals surface area contributed by atoms with Gasteiger partial charge in [0.2, 0.25) is 11.8 Å². The molecule has 0 fully saturated rings. The fourth-order valence-electron chi connectivity index (χ4n) is 4.60. The number of aryl methyl sites for hydroxylation is 2. The first-order valence-electron chi connectivity index (χ1n) is 13.0. The van der Waals surface area contributed by atoms with Crippen LogP contribution < -0.4 is 19.1 Å². The number of likely N-dealkylation sites (N-methyl/N-ethyl adjacent to an activating group) is 1. The fraction of sp³-hybridized carbons (Fsp3) is 0.333. The van der Waals surface area contributed by atoms with Crippen LogP contribution in [-0.2, 0) is 26.2 Å². The predicted octanol–water partition coefficient (Wildman–Crippen LogP) is 4.21. The largest absolute Gasteiger partial charge is 0.493 e. The Labute approximate surface area is 240 Å². The van der Waals surface area contributed by atoms with Gasteiger partial charge in [-0.3, -0.25) is 13.9 Å². The molecule has 1 atom stereocenters. The molecular weight excluding hydrogens is 549 g/mol. The molecule has 41 heavy (non-hydrogen) atoms. The lowest BCUT2D eigenvalue weighted by Gasteiger charge is -2.33. The van der Waals surface area contributed by atoms with Gasteiger partial charge >= 0.3 is 0 Å². The van der Waals surface area contributed by atoms with Gasteiger partial charge in [-0.25, -0.2) is 12.8 Å². The van der Waals surface area contributed by atoms with Gasteiger partial charge in [-0.05, 0) is 73.4 Å². The normalized spacial score (nSPS) is 11.9. The second kappa shape index (κ2) is 13.5. The van der Waals surface area contributed by atoms with Gasteiger partial charge in [0, 0.05) is 19.7 Å². The van der Waals surface area contributed by atoms with E-state index in [0.717, 1.165) is 15.4 Å². The maximum atomic E-state index is 14.1. The average Bonchev–Trinajstić information content (AvgIpc) is 2.95. The molecule has 0 saturated heterocycles. The Balaban J connectivity index is 2.13. The number of rotatable bonds is 12. The number of methoxy groups -OCH3 is 2. The van der Waals surface area contributed by atoms with E-state index in [0.29, 0.717) is 17.0 Å². The van der Waals surface area contributed by atoms with E-state index in [1.165, 1.54) is 68.6 Å². The van der Waals surface area contributed by atoms with E-state index in [2.05, 4.69) is 5.32 Å². The number of halogens is 1. The van der Waals surface area contributed by atoms with Crippen molar-refractivity contribution in [3.05, 3.63) is 83.2 Å². The number of anilines is 1. The van der Waals surface area contributed by atoms with Crippen molar-refractivity contribution in [2.24, 2.45) is 0 Å². The Morgan fingerprint density at radius 1 is 0.927 bits per heavy atom. The molecule has 9 nitrogen and oxygen atoms in total. The summed E-state index contributed by atoms with van der Waals surface area (Å²) in [6.07, 6.45) is 0.276. The smallest absolute Gasteiger partial charge is 0.264 e. The fourth-order valence-corrected chi connectivity index (χ4v) is 6.01. The molecule has 2 amide bonds. The third-order valence-electron chi connectivity index (χ3n) is 6.61. The summed E-state index contributed by atoms with van der Waals surface area (Å²) < 4.78 is 53.5. The van der Waals surface area contributed by atoms with Crippen LogP contribution >= 0.6 is 0 Å². The van der Waals surface area contributed by atoms with E-state index in [1.807, 2.05) is 19.9 Å². The zero-order chi connectivity index (χ0) is 30.3. The van der Waals surface area contributed by atoms with Gasteiger partial charge in [0.25, 0.3) is 10.0 Å². The highest BCUT2D eigenvalue weighted by molar-refractivity contribution is 7.92. The van der Waals surface area contributed by atoms with Crippen molar-refractivity contribution < 1.29 is 31.9 Å². The summed E-state index contributed by atoms with van der Waals surface area (Å²) in [5.74, 6) is -0.880. The van der Waals surface area contributed by atoms with Crippen LogP contribution in [-0.4, -0.2) is 59.0 Å². The Morgan fingerprint density at radius 3 is 2.07 bits per heavy atom. The molecular formula is C30H36FN3O6S. The lowest BCUT2D eigenvalue weighted by atomic mass is 10.1. The van der Waals surface area contributed by atoms with Crippen molar-refractivity contribution in [3.8, 4) is 11.5 Å². The second-order valence-corrected chi connectivity index (χ2v) is 11.4. The Hall–Kier alpha value is -4.12. The number of nitrogens with one attached hydrogen (secondary N) is 1. The molecule has 3 rings (SSSR count). The van der Waals surface area contributed by atoms with Crippen LogP contribution in [0.3, 0.4) is 0 Å². The van der Waals surface area contributed by atoms with Crippen molar-refractivity contribution in [1.29, 1.82) is 0 Å². The number of hydrogen-bond acceptors (Lipinski definition) is 6. The number of benzene rings is 3. The third kappa shape index (κ3) is 7.35. The standard InChI is InChI=1S/C30H36FN3O6S/c1-7-26(30(36)32-4)33(18-22-8-10-23(31)11-9-22)29(35)19-34(24-15-20(2)14-21(3)16-24)41(37,38)25-12-13-27(39-5)28(17-25)40-6/h8-17,26H,7,18-19H2,1-6H3,(H,32,36)/t26-/m1/s1. The zero-order valence-electron chi connectivity index (χ0n) is 24.1. The van der Waals surface area contributed by atoms with Gasteiger partial charge in [0.1, 0.15) is 18.4 Å². The average molecular weight is 586 g/mol. The third-order valence-corrected chi connectivity index (χ3v) is 8.38. The number of carbonyl (C=O) groups is 2. The minimum absolute atomic E-state index is 0.0257. The molecule has 0 saturated carbocycles. The summed E-state index contributed by atoms with van der Waals surface area (Å²) >= 11 is 0. The van der Waals surface area contributed by atoms with Crippen LogP contribution in [0, 0.1) is 19.7 Å². The lowest BCUT2D eigenvalue weighted by Crippen LogP contribution is -2.51. The zero-order valence-corrected chi connectivity index (χ0v) is 24.9. The quantitative estimate of drug-likeness (QED) is 0.342. The second-order valence-electron chi connectivity index (χ2n) is 9.56. The predicted molar refractivity (Wildman–Crippen MR) is 155 cm³/mol. The number of nitrogens with zero attached hydrogens (tertiary/aromatic N) is 2. The molecule has 0 aliphatic rings. The summed E-state index contributed by atoms with van der Waals surface area (Å²) in [5.41, 5.74) is 2.49. The molecule has 3 aromatic rings. The van der Waals surface area contributed by atoms with E-state index in [-0.39, 0.29) is 23.6 Å². The first kappa shape index (κ1) is 31.4. The Bertz CT molecular complexity index is 1470. The molecule has 220 valence electrons. The Kier molecular flexibility index (Phi) is 10.3. The summed E-state index contributed by atoms with van der Waals surface area (Å²) in [6, 6.07) is 14.1. The van der Waals surface area contributed by atoms with Gasteiger partial charge in [-0.1, -0.05) is 25.1 Å². The molecule has 0 heterocycles. The van der Waals surface area contributed by atoms with Gasteiger partial charge in [-0.15, -0.1) is 0 Å². The van der Waals surface area contributed by atoms with Crippen LogP contribution in [0.4, 0.5) is 10.1 Å². The van der Waals surface area contributed by atoms with Gasteiger partial charge < -0.3 is 19.7 Å². The summed E-state index contributed by atoms with van der Waals surface area (Å²) in [5, 5.41) is 2.58.